The Bertz CT molecular complexity index is 501. The molecule has 1 aromatic carbocycles. The Morgan fingerprint density at radius 2 is 2.10 bits per heavy atom. The molecule has 2 unspecified atom stereocenters. The Balaban J connectivity index is 2.04. The van der Waals surface area contributed by atoms with E-state index in [0.717, 1.165) is 19.5 Å². The minimum Gasteiger partial charge on any atom is -0.383 e. The lowest BCUT2D eigenvalue weighted by atomic mass is 9.85. The lowest BCUT2D eigenvalue weighted by molar-refractivity contribution is 0.198. The van der Waals surface area contributed by atoms with Gasteiger partial charge in [0.1, 0.15) is 0 Å². The molecule has 1 fully saturated rings. The molecule has 0 saturated carbocycles. The van der Waals surface area contributed by atoms with E-state index in [0.29, 0.717) is 18.1 Å². The standard InChI is InChI=1S/C15H23NO3S/c1-19-9-8-16-11-15(13-5-3-2-4-6-13)14-7-10-20(17,18)12-14/h2-6,14-16H,7-12H2,1H3. The number of methoxy groups -OCH3 is 1. The van der Waals surface area contributed by atoms with E-state index in [4.69, 9.17) is 4.74 Å². The molecule has 112 valence electrons. The van der Waals surface area contributed by atoms with Gasteiger partial charge in [0.05, 0.1) is 18.1 Å². The molecule has 1 saturated heterocycles. The van der Waals surface area contributed by atoms with Crippen molar-refractivity contribution < 1.29 is 13.2 Å². The molecule has 1 aliphatic rings. The fourth-order valence-corrected chi connectivity index (χ4v) is 4.71. The van der Waals surface area contributed by atoms with Crippen molar-refractivity contribution in [1.82, 2.24) is 5.32 Å². The zero-order valence-electron chi connectivity index (χ0n) is 11.9. The minimum atomic E-state index is -2.84. The Labute approximate surface area is 121 Å². The number of hydrogen-bond donors (Lipinski definition) is 1. The average molecular weight is 297 g/mol. The molecule has 1 aromatic rings. The maximum Gasteiger partial charge on any atom is 0.150 e. The van der Waals surface area contributed by atoms with Crippen molar-refractivity contribution >= 4 is 9.84 Å². The second-order valence-electron chi connectivity index (χ2n) is 5.38. The van der Waals surface area contributed by atoms with Gasteiger partial charge in [0.25, 0.3) is 0 Å². The summed E-state index contributed by atoms with van der Waals surface area (Å²) >= 11 is 0. The van der Waals surface area contributed by atoms with Crippen LogP contribution in [0.15, 0.2) is 30.3 Å². The smallest absolute Gasteiger partial charge is 0.150 e. The molecule has 1 N–H and O–H groups in total. The van der Waals surface area contributed by atoms with Gasteiger partial charge in [-0.2, -0.15) is 0 Å². The number of sulfone groups is 1. The van der Waals surface area contributed by atoms with Crippen molar-refractivity contribution in [1.29, 1.82) is 0 Å². The van der Waals surface area contributed by atoms with Crippen LogP contribution < -0.4 is 5.32 Å². The van der Waals surface area contributed by atoms with Gasteiger partial charge in [-0.05, 0) is 17.9 Å². The van der Waals surface area contributed by atoms with Gasteiger partial charge in [0, 0.05) is 26.1 Å². The van der Waals surface area contributed by atoms with Crippen molar-refractivity contribution in [3.05, 3.63) is 35.9 Å². The van der Waals surface area contributed by atoms with E-state index in [1.165, 1.54) is 5.56 Å². The number of nitrogens with one attached hydrogen (secondary N) is 1. The van der Waals surface area contributed by atoms with E-state index in [9.17, 15) is 8.42 Å². The summed E-state index contributed by atoms with van der Waals surface area (Å²) in [6, 6.07) is 10.2. The largest absolute Gasteiger partial charge is 0.383 e. The fourth-order valence-electron chi connectivity index (χ4n) is 2.83. The first-order valence-corrected chi connectivity index (χ1v) is 8.89. The SMILES string of the molecule is COCCNCC(c1ccccc1)C1CCS(=O)(=O)C1. The van der Waals surface area contributed by atoms with E-state index in [1.807, 2.05) is 18.2 Å². The summed E-state index contributed by atoms with van der Waals surface area (Å²) < 4.78 is 28.5. The molecule has 0 bridgehead atoms. The van der Waals surface area contributed by atoms with Crippen LogP contribution >= 0.6 is 0 Å². The zero-order chi connectivity index (χ0) is 14.4. The van der Waals surface area contributed by atoms with Gasteiger partial charge in [-0.1, -0.05) is 30.3 Å². The molecule has 2 rings (SSSR count). The van der Waals surface area contributed by atoms with Crippen LogP contribution in [0.1, 0.15) is 17.9 Å². The van der Waals surface area contributed by atoms with E-state index >= 15 is 0 Å². The first kappa shape index (κ1) is 15.5. The molecule has 0 amide bonds. The van der Waals surface area contributed by atoms with E-state index < -0.39 is 9.84 Å². The predicted molar refractivity (Wildman–Crippen MR) is 80.7 cm³/mol. The van der Waals surface area contributed by atoms with Gasteiger partial charge in [0.15, 0.2) is 9.84 Å². The quantitative estimate of drug-likeness (QED) is 0.774. The molecule has 1 heterocycles. The molecule has 20 heavy (non-hydrogen) atoms. The summed E-state index contributed by atoms with van der Waals surface area (Å²) in [4.78, 5) is 0. The van der Waals surface area contributed by atoms with Gasteiger partial charge in [0.2, 0.25) is 0 Å². The molecule has 4 nitrogen and oxygen atoms in total. The molecule has 0 radical (unpaired) electrons. The Hall–Kier alpha value is -0.910. The summed E-state index contributed by atoms with van der Waals surface area (Å²) in [5, 5.41) is 3.37. The van der Waals surface area contributed by atoms with Crippen molar-refractivity contribution in [2.75, 3.05) is 38.3 Å². The highest BCUT2D eigenvalue weighted by Crippen LogP contribution is 2.32. The molecule has 2 atom stereocenters. The van der Waals surface area contributed by atoms with Crippen LogP contribution in [-0.4, -0.2) is 46.7 Å². The van der Waals surface area contributed by atoms with Crippen molar-refractivity contribution in [2.45, 2.75) is 12.3 Å². The lowest BCUT2D eigenvalue weighted by Gasteiger charge is -2.23. The summed E-state index contributed by atoms with van der Waals surface area (Å²) in [6.45, 7) is 2.26. The Morgan fingerprint density at radius 3 is 2.70 bits per heavy atom. The first-order chi connectivity index (χ1) is 9.62. The average Bonchev–Trinajstić information content (AvgIpc) is 2.80. The van der Waals surface area contributed by atoms with Crippen LogP contribution in [0.25, 0.3) is 0 Å². The highest BCUT2D eigenvalue weighted by molar-refractivity contribution is 7.91. The molecule has 0 aliphatic carbocycles. The van der Waals surface area contributed by atoms with Gasteiger partial charge >= 0.3 is 0 Å². The van der Waals surface area contributed by atoms with E-state index in [-0.39, 0.29) is 11.8 Å². The highest BCUT2D eigenvalue weighted by Gasteiger charge is 2.34. The Kier molecular flexibility index (Phi) is 5.57. The third kappa shape index (κ3) is 4.30. The van der Waals surface area contributed by atoms with Crippen molar-refractivity contribution in [3.63, 3.8) is 0 Å². The summed E-state index contributed by atoms with van der Waals surface area (Å²) in [5.74, 6) is 1.13. The molecular weight excluding hydrogens is 274 g/mol. The maximum atomic E-state index is 11.7. The topological polar surface area (TPSA) is 55.4 Å². The van der Waals surface area contributed by atoms with Gasteiger partial charge in [-0.25, -0.2) is 8.42 Å². The van der Waals surface area contributed by atoms with Gasteiger partial charge in [-0.15, -0.1) is 0 Å². The normalized spacial score (nSPS) is 22.8. The second kappa shape index (κ2) is 7.20. The summed E-state index contributed by atoms with van der Waals surface area (Å²) in [5.41, 5.74) is 1.22. The van der Waals surface area contributed by atoms with Crippen LogP contribution in [0.2, 0.25) is 0 Å². The molecule has 5 heteroatoms. The highest BCUT2D eigenvalue weighted by atomic mass is 32.2. The molecule has 0 aromatic heterocycles. The van der Waals surface area contributed by atoms with Crippen LogP contribution in [0.4, 0.5) is 0 Å². The second-order valence-corrected chi connectivity index (χ2v) is 7.61. The maximum absolute atomic E-state index is 11.7. The number of hydrogen-bond acceptors (Lipinski definition) is 4. The molecule has 1 aliphatic heterocycles. The van der Waals surface area contributed by atoms with Crippen molar-refractivity contribution in [3.8, 4) is 0 Å². The van der Waals surface area contributed by atoms with Crippen LogP contribution in [-0.2, 0) is 14.6 Å². The van der Waals surface area contributed by atoms with Crippen LogP contribution in [0.5, 0.6) is 0 Å². The van der Waals surface area contributed by atoms with Gasteiger partial charge in [-0.3, -0.25) is 0 Å². The number of rotatable bonds is 7. The summed E-state index contributed by atoms with van der Waals surface area (Å²) in [7, 11) is -1.16. The summed E-state index contributed by atoms with van der Waals surface area (Å²) in [6.07, 6.45) is 0.772. The van der Waals surface area contributed by atoms with Crippen molar-refractivity contribution in [2.24, 2.45) is 5.92 Å². The predicted octanol–water partition coefficient (Wildman–Crippen LogP) is 1.44. The Morgan fingerprint density at radius 1 is 1.35 bits per heavy atom. The third-order valence-electron chi connectivity index (χ3n) is 3.91. The van der Waals surface area contributed by atoms with E-state index in [2.05, 4.69) is 17.4 Å². The lowest BCUT2D eigenvalue weighted by Crippen LogP contribution is -2.29. The van der Waals surface area contributed by atoms with Gasteiger partial charge < -0.3 is 10.1 Å². The third-order valence-corrected chi connectivity index (χ3v) is 5.71. The first-order valence-electron chi connectivity index (χ1n) is 7.07. The minimum absolute atomic E-state index is 0.220. The molecule has 0 spiro atoms. The van der Waals surface area contributed by atoms with Crippen LogP contribution in [0, 0.1) is 5.92 Å². The number of benzene rings is 1. The molecular formula is C15H23NO3S. The monoisotopic (exact) mass is 297 g/mol. The fraction of sp³-hybridized carbons (Fsp3) is 0.600. The van der Waals surface area contributed by atoms with E-state index in [1.54, 1.807) is 7.11 Å². The number of ether oxygens (including phenoxy) is 1. The zero-order valence-corrected chi connectivity index (χ0v) is 12.7. The van der Waals surface area contributed by atoms with Crippen LogP contribution in [0.3, 0.4) is 0 Å².